The topological polar surface area (TPSA) is 62.3 Å². The number of hydrogen-bond donors (Lipinski definition) is 1. The lowest BCUT2D eigenvalue weighted by atomic mass is 10.0. The van der Waals surface area contributed by atoms with Crippen molar-refractivity contribution >= 4 is 17.5 Å². The van der Waals surface area contributed by atoms with Crippen molar-refractivity contribution in [1.29, 1.82) is 0 Å². The van der Waals surface area contributed by atoms with E-state index in [4.69, 9.17) is 0 Å². The average Bonchev–Trinajstić information content (AvgIpc) is 2.83. The van der Waals surface area contributed by atoms with Crippen molar-refractivity contribution in [2.45, 2.75) is 31.9 Å². The van der Waals surface area contributed by atoms with E-state index in [0.717, 1.165) is 17.7 Å². The molecule has 8 heteroatoms. The maximum Gasteiger partial charge on any atom is 0.416 e. The maximum atomic E-state index is 13.0. The van der Waals surface area contributed by atoms with Crippen LogP contribution >= 0.6 is 0 Å². The number of fused-ring (bicyclic) bond motifs is 1. The van der Waals surface area contributed by atoms with E-state index >= 15 is 0 Å². The van der Waals surface area contributed by atoms with Crippen molar-refractivity contribution in [3.63, 3.8) is 0 Å². The molecule has 2 heterocycles. The Morgan fingerprint density at radius 2 is 1.76 bits per heavy atom. The molecule has 1 aromatic heterocycles. The maximum absolute atomic E-state index is 13.0. The number of anilines is 1. The van der Waals surface area contributed by atoms with Crippen LogP contribution in [-0.4, -0.2) is 29.9 Å². The molecule has 0 radical (unpaired) electrons. The van der Waals surface area contributed by atoms with Gasteiger partial charge < -0.3 is 10.2 Å². The monoisotopic (exact) mass is 467 g/mol. The Morgan fingerprint density at radius 3 is 2.53 bits per heavy atom. The van der Waals surface area contributed by atoms with Gasteiger partial charge in [0.2, 0.25) is 5.91 Å². The molecule has 2 amide bonds. The third-order valence-corrected chi connectivity index (χ3v) is 5.75. The fourth-order valence-electron chi connectivity index (χ4n) is 4.01. The molecule has 0 unspecified atom stereocenters. The number of amides is 2. The number of carbonyl (C=O) groups is 2. The minimum atomic E-state index is -4.47. The number of hydrogen-bond acceptors (Lipinski definition) is 3. The smallest absolute Gasteiger partial charge is 0.352 e. The van der Waals surface area contributed by atoms with Crippen LogP contribution in [0.25, 0.3) is 0 Å². The van der Waals surface area contributed by atoms with Crippen LogP contribution < -0.4 is 10.2 Å². The van der Waals surface area contributed by atoms with Crippen LogP contribution in [-0.2, 0) is 30.2 Å². The lowest BCUT2D eigenvalue weighted by molar-refractivity contribution is -0.137. The van der Waals surface area contributed by atoms with E-state index in [1.54, 1.807) is 6.07 Å². The van der Waals surface area contributed by atoms with Crippen LogP contribution in [0.2, 0.25) is 0 Å². The van der Waals surface area contributed by atoms with Crippen molar-refractivity contribution in [3.8, 4) is 0 Å². The van der Waals surface area contributed by atoms with Crippen LogP contribution in [0.3, 0.4) is 0 Å². The van der Waals surface area contributed by atoms with E-state index < -0.39 is 11.7 Å². The molecule has 0 bridgehead atoms. The molecule has 1 aliphatic rings. The Hall–Kier alpha value is -3.68. The van der Waals surface area contributed by atoms with Crippen LogP contribution in [0.5, 0.6) is 0 Å². The van der Waals surface area contributed by atoms with E-state index in [1.165, 1.54) is 23.2 Å². The molecule has 1 aliphatic heterocycles. The molecule has 0 aliphatic carbocycles. The highest BCUT2D eigenvalue weighted by Gasteiger charge is 2.31. The number of rotatable bonds is 6. The zero-order valence-corrected chi connectivity index (χ0v) is 18.4. The van der Waals surface area contributed by atoms with E-state index in [-0.39, 0.29) is 23.8 Å². The highest BCUT2D eigenvalue weighted by atomic mass is 19.4. The molecule has 0 spiro atoms. The third-order valence-electron chi connectivity index (χ3n) is 5.75. The summed E-state index contributed by atoms with van der Waals surface area (Å²) in [6, 6.07) is 16.2. The third kappa shape index (κ3) is 5.62. The molecule has 2 aromatic carbocycles. The second kappa shape index (κ2) is 10.1. The zero-order chi connectivity index (χ0) is 24.1. The first-order chi connectivity index (χ1) is 16.3. The molecule has 0 saturated carbocycles. The molecule has 0 fully saturated rings. The fraction of sp³-hybridized carbons (Fsp3) is 0.269. The number of halogens is 3. The molecule has 176 valence electrons. The number of aryl methyl sites for hydroxylation is 1. The van der Waals surface area contributed by atoms with E-state index in [9.17, 15) is 22.8 Å². The van der Waals surface area contributed by atoms with Crippen molar-refractivity contribution in [3.05, 3.63) is 94.8 Å². The summed E-state index contributed by atoms with van der Waals surface area (Å²) in [7, 11) is 0. The van der Waals surface area contributed by atoms with Gasteiger partial charge in [0.15, 0.2) is 0 Å². The summed E-state index contributed by atoms with van der Waals surface area (Å²) in [5.41, 5.74) is 2.19. The molecule has 3 aromatic rings. The number of nitrogens with zero attached hydrogens (tertiary/aromatic N) is 2. The van der Waals surface area contributed by atoms with Gasteiger partial charge in [-0.25, -0.2) is 0 Å². The van der Waals surface area contributed by atoms with Crippen LogP contribution in [0.4, 0.5) is 18.9 Å². The molecular formula is C26H24F3N3O2. The normalized spacial score (nSPS) is 13.3. The van der Waals surface area contributed by atoms with Crippen LogP contribution in [0.15, 0.2) is 66.9 Å². The van der Waals surface area contributed by atoms with Gasteiger partial charge in [-0.15, -0.1) is 0 Å². The van der Waals surface area contributed by atoms with Crippen LogP contribution in [0.1, 0.15) is 39.2 Å². The average molecular weight is 467 g/mol. The number of alkyl halides is 3. The summed E-state index contributed by atoms with van der Waals surface area (Å²) in [5, 5.41) is 2.87. The van der Waals surface area contributed by atoms with Crippen molar-refractivity contribution in [2.75, 3.05) is 18.0 Å². The number of pyridine rings is 1. The quantitative estimate of drug-likeness (QED) is 0.577. The van der Waals surface area contributed by atoms with Gasteiger partial charge in [0.05, 0.1) is 28.9 Å². The molecule has 0 saturated heterocycles. The Balaban J connectivity index is 1.46. The van der Waals surface area contributed by atoms with Gasteiger partial charge in [0, 0.05) is 19.3 Å². The minimum Gasteiger partial charge on any atom is -0.352 e. The summed E-state index contributed by atoms with van der Waals surface area (Å²) in [5.74, 6) is -0.620. The summed E-state index contributed by atoms with van der Waals surface area (Å²) < 4.78 is 39.1. The predicted octanol–water partition coefficient (Wildman–Crippen LogP) is 4.59. The minimum absolute atomic E-state index is 0.170. The van der Waals surface area contributed by atoms with E-state index in [1.807, 2.05) is 30.3 Å². The zero-order valence-electron chi connectivity index (χ0n) is 18.4. The van der Waals surface area contributed by atoms with Crippen LogP contribution in [0, 0.1) is 0 Å². The van der Waals surface area contributed by atoms with Gasteiger partial charge in [-0.2, -0.15) is 13.2 Å². The summed E-state index contributed by atoms with van der Waals surface area (Å²) in [6.45, 7) is 0.879. The Morgan fingerprint density at radius 1 is 1.00 bits per heavy atom. The van der Waals surface area contributed by atoms with Crippen molar-refractivity contribution in [1.82, 2.24) is 10.3 Å². The van der Waals surface area contributed by atoms with Gasteiger partial charge in [0.1, 0.15) is 0 Å². The second-order valence-electron chi connectivity index (χ2n) is 8.21. The van der Waals surface area contributed by atoms with Gasteiger partial charge >= 0.3 is 6.18 Å². The highest BCUT2D eigenvalue weighted by Crippen LogP contribution is 2.31. The van der Waals surface area contributed by atoms with Gasteiger partial charge in [-0.05, 0) is 42.5 Å². The first-order valence-electron chi connectivity index (χ1n) is 11.1. The standard InChI is InChI=1S/C26H24F3N3O2/c27-26(28,29)21-9-4-8-19(14-21)15-24(33)32-13-5-10-22-23(32)16-20(17-31-22)25(34)30-12-11-18-6-2-1-3-7-18/h1-4,6-9,14,16-17H,5,10-13,15H2,(H,30,34). The first-order valence-corrected chi connectivity index (χ1v) is 11.1. The molecule has 0 atom stereocenters. The first kappa shape index (κ1) is 23.5. The summed E-state index contributed by atoms with van der Waals surface area (Å²) in [4.78, 5) is 31.6. The SMILES string of the molecule is O=C(NCCc1ccccc1)c1cnc2c(c1)N(C(=O)Cc1cccc(C(F)(F)F)c1)CCC2. The van der Waals surface area contributed by atoms with Gasteiger partial charge in [0.25, 0.3) is 5.91 Å². The van der Waals surface area contributed by atoms with Gasteiger partial charge in [-0.1, -0.05) is 48.5 Å². The predicted molar refractivity (Wildman–Crippen MR) is 123 cm³/mol. The van der Waals surface area contributed by atoms with E-state index in [0.29, 0.717) is 49.3 Å². The molecule has 34 heavy (non-hydrogen) atoms. The second-order valence-corrected chi connectivity index (χ2v) is 8.21. The Labute approximate surface area is 195 Å². The Bertz CT molecular complexity index is 1180. The molecule has 4 rings (SSSR count). The lowest BCUT2D eigenvalue weighted by Crippen LogP contribution is -2.37. The molecule has 1 N–H and O–H groups in total. The molecular weight excluding hydrogens is 443 g/mol. The summed E-state index contributed by atoms with van der Waals surface area (Å²) in [6.07, 6.45) is -1.10. The van der Waals surface area contributed by atoms with Gasteiger partial charge in [-0.3, -0.25) is 14.6 Å². The van der Waals surface area contributed by atoms with Crippen molar-refractivity contribution < 1.29 is 22.8 Å². The fourth-order valence-corrected chi connectivity index (χ4v) is 4.01. The highest BCUT2D eigenvalue weighted by molar-refractivity contribution is 5.99. The number of carbonyl (C=O) groups excluding carboxylic acids is 2. The lowest BCUT2D eigenvalue weighted by Gasteiger charge is -2.29. The number of benzene rings is 2. The Kier molecular flexibility index (Phi) is 6.95. The molecule has 5 nitrogen and oxygen atoms in total. The van der Waals surface area contributed by atoms with E-state index in [2.05, 4.69) is 10.3 Å². The summed E-state index contributed by atoms with van der Waals surface area (Å²) >= 11 is 0. The van der Waals surface area contributed by atoms with Crippen molar-refractivity contribution in [2.24, 2.45) is 0 Å². The number of nitrogens with one attached hydrogen (secondary N) is 1. The largest absolute Gasteiger partial charge is 0.416 e. The number of aromatic nitrogens is 1.